The Kier molecular flexibility index (Phi) is 6.25. The van der Waals surface area contributed by atoms with Crippen LogP contribution < -0.4 is 5.32 Å². The van der Waals surface area contributed by atoms with Gasteiger partial charge in [-0.15, -0.1) is 0 Å². The van der Waals surface area contributed by atoms with E-state index in [1.54, 1.807) is 11.1 Å². The minimum Gasteiger partial charge on any atom is -0.388 e. The number of amides is 2. The van der Waals surface area contributed by atoms with Crippen molar-refractivity contribution in [1.29, 1.82) is 0 Å². The molecule has 1 atom stereocenters. The SMILES string of the molecule is O=C(NCC1(O)CCCCC1)[C@@H]1CCC(=O)N(CCc2ccccn2)C1. The third-order valence-corrected chi connectivity index (χ3v) is 5.61. The molecule has 0 unspecified atom stereocenters. The predicted octanol–water partition coefficient (Wildman–Crippen LogP) is 1.67. The highest BCUT2D eigenvalue weighted by molar-refractivity contribution is 5.83. The van der Waals surface area contributed by atoms with Gasteiger partial charge in [-0.25, -0.2) is 0 Å². The number of rotatable bonds is 6. The van der Waals surface area contributed by atoms with E-state index in [0.717, 1.165) is 37.8 Å². The summed E-state index contributed by atoms with van der Waals surface area (Å²) in [6.07, 6.45) is 8.15. The summed E-state index contributed by atoms with van der Waals surface area (Å²) in [5.74, 6) is -0.126. The Bertz CT molecular complexity index is 614. The summed E-state index contributed by atoms with van der Waals surface area (Å²) < 4.78 is 0. The minimum absolute atomic E-state index is 0.0423. The molecule has 1 aliphatic carbocycles. The van der Waals surface area contributed by atoms with Gasteiger partial charge in [-0.3, -0.25) is 14.6 Å². The molecule has 1 saturated heterocycles. The van der Waals surface area contributed by atoms with Gasteiger partial charge >= 0.3 is 0 Å². The van der Waals surface area contributed by atoms with Crippen LogP contribution in [0.5, 0.6) is 0 Å². The second-order valence-electron chi connectivity index (χ2n) is 7.65. The van der Waals surface area contributed by atoms with Gasteiger partial charge in [-0.2, -0.15) is 0 Å². The van der Waals surface area contributed by atoms with E-state index in [1.807, 2.05) is 18.2 Å². The predicted molar refractivity (Wildman–Crippen MR) is 98.3 cm³/mol. The van der Waals surface area contributed by atoms with E-state index < -0.39 is 5.60 Å². The van der Waals surface area contributed by atoms with Gasteiger partial charge in [0, 0.05) is 44.4 Å². The summed E-state index contributed by atoms with van der Waals surface area (Å²) in [4.78, 5) is 30.8. The molecule has 2 fully saturated rings. The number of carbonyl (C=O) groups is 2. The van der Waals surface area contributed by atoms with Crippen molar-refractivity contribution in [3.05, 3.63) is 30.1 Å². The number of piperidine rings is 1. The standard InChI is InChI=1S/C20H29N3O3/c24-18-8-7-16(14-23(18)13-9-17-6-2-5-12-21-17)19(25)22-15-20(26)10-3-1-4-11-20/h2,5-6,12,16,26H,1,3-4,7-11,13-15H2,(H,22,25)/t16-/m1/s1. The number of pyridine rings is 1. The highest BCUT2D eigenvalue weighted by atomic mass is 16.3. The lowest BCUT2D eigenvalue weighted by molar-refractivity contribution is -0.138. The second kappa shape index (κ2) is 8.62. The molecular formula is C20H29N3O3. The Hall–Kier alpha value is -1.95. The minimum atomic E-state index is -0.753. The van der Waals surface area contributed by atoms with Crippen molar-refractivity contribution in [1.82, 2.24) is 15.2 Å². The molecule has 1 aromatic rings. The lowest BCUT2D eigenvalue weighted by Crippen LogP contribution is -2.50. The van der Waals surface area contributed by atoms with Gasteiger partial charge in [0.1, 0.15) is 0 Å². The van der Waals surface area contributed by atoms with Crippen molar-refractivity contribution >= 4 is 11.8 Å². The van der Waals surface area contributed by atoms with Gasteiger partial charge in [-0.1, -0.05) is 25.3 Å². The van der Waals surface area contributed by atoms with Crippen LogP contribution >= 0.6 is 0 Å². The maximum atomic E-state index is 12.5. The lowest BCUT2D eigenvalue weighted by Gasteiger charge is -2.34. The summed E-state index contributed by atoms with van der Waals surface area (Å²) in [6, 6.07) is 5.76. The summed E-state index contributed by atoms with van der Waals surface area (Å²) in [5.41, 5.74) is 0.197. The smallest absolute Gasteiger partial charge is 0.225 e. The Morgan fingerprint density at radius 3 is 2.85 bits per heavy atom. The Balaban J connectivity index is 1.48. The monoisotopic (exact) mass is 359 g/mol. The fourth-order valence-corrected chi connectivity index (χ4v) is 3.92. The molecule has 2 aliphatic rings. The third-order valence-electron chi connectivity index (χ3n) is 5.61. The first kappa shape index (κ1) is 18.8. The van der Waals surface area contributed by atoms with Crippen molar-refractivity contribution in [2.75, 3.05) is 19.6 Å². The second-order valence-corrected chi connectivity index (χ2v) is 7.65. The average molecular weight is 359 g/mol. The van der Waals surface area contributed by atoms with E-state index in [1.165, 1.54) is 0 Å². The van der Waals surface area contributed by atoms with Gasteiger partial charge in [0.15, 0.2) is 0 Å². The quantitative estimate of drug-likeness (QED) is 0.809. The largest absolute Gasteiger partial charge is 0.388 e. The van der Waals surface area contributed by atoms with E-state index in [-0.39, 0.29) is 17.7 Å². The molecule has 1 aromatic heterocycles. The summed E-state index contributed by atoms with van der Waals surface area (Å²) >= 11 is 0. The van der Waals surface area contributed by atoms with Crippen LogP contribution in [0.2, 0.25) is 0 Å². The van der Waals surface area contributed by atoms with Crippen LogP contribution in [0.3, 0.4) is 0 Å². The van der Waals surface area contributed by atoms with Gasteiger partial charge in [0.05, 0.1) is 11.5 Å². The fraction of sp³-hybridized carbons (Fsp3) is 0.650. The molecule has 6 nitrogen and oxygen atoms in total. The van der Waals surface area contributed by atoms with Gasteiger partial charge in [-0.05, 0) is 31.4 Å². The molecule has 142 valence electrons. The van der Waals surface area contributed by atoms with E-state index in [9.17, 15) is 14.7 Å². The average Bonchev–Trinajstić information content (AvgIpc) is 2.67. The normalized spacial score (nSPS) is 22.9. The topological polar surface area (TPSA) is 82.5 Å². The third kappa shape index (κ3) is 5.04. The number of aromatic nitrogens is 1. The van der Waals surface area contributed by atoms with Crippen LogP contribution in [0.4, 0.5) is 0 Å². The molecule has 0 spiro atoms. The first-order valence-electron chi connectivity index (χ1n) is 9.73. The zero-order valence-corrected chi connectivity index (χ0v) is 15.3. The van der Waals surface area contributed by atoms with Crippen molar-refractivity contribution in [3.8, 4) is 0 Å². The number of aliphatic hydroxyl groups is 1. The van der Waals surface area contributed by atoms with Gasteiger partial charge in [0.2, 0.25) is 11.8 Å². The maximum Gasteiger partial charge on any atom is 0.225 e. The molecule has 6 heteroatoms. The molecule has 1 saturated carbocycles. The summed E-state index contributed by atoms with van der Waals surface area (Å²) in [5, 5.41) is 13.5. The van der Waals surface area contributed by atoms with Crippen LogP contribution in [0.1, 0.15) is 50.6 Å². The molecular weight excluding hydrogens is 330 g/mol. The Morgan fingerprint density at radius 1 is 1.31 bits per heavy atom. The lowest BCUT2D eigenvalue weighted by atomic mass is 9.84. The van der Waals surface area contributed by atoms with Crippen LogP contribution in [-0.4, -0.2) is 52.0 Å². The maximum absolute atomic E-state index is 12.5. The molecule has 1 aliphatic heterocycles. The number of nitrogens with zero attached hydrogens (tertiary/aromatic N) is 2. The molecule has 0 bridgehead atoms. The summed E-state index contributed by atoms with van der Waals surface area (Å²) in [6.45, 7) is 1.36. The number of nitrogens with one attached hydrogen (secondary N) is 1. The number of likely N-dealkylation sites (tertiary alicyclic amines) is 1. The first-order valence-corrected chi connectivity index (χ1v) is 9.73. The molecule has 0 radical (unpaired) electrons. The highest BCUT2D eigenvalue weighted by Crippen LogP contribution is 2.27. The van der Waals surface area contributed by atoms with E-state index in [0.29, 0.717) is 38.9 Å². The van der Waals surface area contributed by atoms with Crippen LogP contribution in [0.25, 0.3) is 0 Å². The van der Waals surface area contributed by atoms with Gasteiger partial charge in [0.25, 0.3) is 0 Å². The Morgan fingerprint density at radius 2 is 2.12 bits per heavy atom. The van der Waals surface area contributed by atoms with Crippen LogP contribution in [0.15, 0.2) is 24.4 Å². The molecule has 2 amide bonds. The van der Waals surface area contributed by atoms with Crippen molar-refractivity contribution < 1.29 is 14.7 Å². The fourth-order valence-electron chi connectivity index (χ4n) is 3.92. The highest BCUT2D eigenvalue weighted by Gasteiger charge is 2.33. The zero-order valence-electron chi connectivity index (χ0n) is 15.3. The van der Waals surface area contributed by atoms with Crippen molar-refractivity contribution in [2.45, 2.75) is 57.0 Å². The van der Waals surface area contributed by atoms with E-state index in [2.05, 4.69) is 10.3 Å². The van der Waals surface area contributed by atoms with Gasteiger partial charge < -0.3 is 15.3 Å². The molecule has 2 heterocycles. The zero-order chi connectivity index (χ0) is 18.4. The van der Waals surface area contributed by atoms with Crippen LogP contribution in [0, 0.1) is 5.92 Å². The van der Waals surface area contributed by atoms with Crippen molar-refractivity contribution in [2.24, 2.45) is 5.92 Å². The van der Waals surface area contributed by atoms with E-state index in [4.69, 9.17) is 0 Å². The summed E-state index contributed by atoms with van der Waals surface area (Å²) in [7, 11) is 0. The van der Waals surface area contributed by atoms with Crippen molar-refractivity contribution in [3.63, 3.8) is 0 Å². The van der Waals surface area contributed by atoms with E-state index >= 15 is 0 Å². The molecule has 3 rings (SSSR count). The number of carbonyl (C=O) groups excluding carboxylic acids is 2. The molecule has 2 N–H and O–H groups in total. The number of hydrogen-bond acceptors (Lipinski definition) is 4. The number of hydrogen-bond donors (Lipinski definition) is 2. The molecule has 26 heavy (non-hydrogen) atoms. The first-order chi connectivity index (χ1) is 12.6. The van der Waals surface area contributed by atoms with Crippen LogP contribution in [-0.2, 0) is 16.0 Å². The molecule has 0 aromatic carbocycles. The Labute approximate surface area is 155 Å².